The number of halogens is 3. The van der Waals surface area contributed by atoms with E-state index in [4.69, 9.17) is 9.47 Å². The largest absolute Gasteiger partial charge is 0.456 e. The summed E-state index contributed by atoms with van der Waals surface area (Å²) in [6.07, 6.45) is -3.96. The number of nitrogens with one attached hydrogen (secondary N) is 2. The first-order valence-electron chi connectivity index (χ1n) is 13.6. The molecule has 0 aliphatic carbocycles. The molecule has 1 aliphatic rings. The SMILES string of the molecule is O=C(NS(=O)(=O)n1ccc(C2CCN(C(=O)CNCC(F)(F)F)CC2)c1C(=O)OCc1ccccc1)OCc1ccccc1. The van der Waals surface area contributed by atoms with Gasteiger partial charge in [-0.25, -0.2) is 18.3 Å². The Hall–Kier alpha value is -4.37. The zero-order valence-corrected chi connectivity index (χ0v) is 24.3. The number of amides is 2. The summed E-state index contributed by atoms with van der Waals surface area (Å²) in [6, 6.07) is 18.8. The molecule has 2 aromatic carbocycles. The predicted octanol–water partition coefficient (Wildman–Crippen LogP) is 3.72. The summed E-state index contributed by atoms with van der Waals surface area (Å²) in [5, 5.41) is 2.08. The molecular formula is C29H31F3N4O7S. The van der Waals surface area contributed by atoms with Crippen LogP contribution in [-0.4, -0.2) is 67.6 Å². The van der Waals surface area contributed by atoms with Crippen molar-refractivity contribution in [1.29, 1.82) is 0 Å². The van der Waals surface area contributed by atoms with Crippen LogP contribution in [0.1, 0.15) is 45.9 Å². The molecule has 4 rings (SSSR count). The van der Waals surface area contributed by atoms with E-state index < -0.39 is 47.4 Å². The van der Waals surface area contributed by atoms with Crippen molar-refractivity contribution >= 4 is 28.2 Å². The topological polar surface area (TPSA) is 136 Å². The first-order valence-corrected chi connectivity index (χ1v) is 15.1. The third-order valence-corrected chi connectivity index (χ3v) is 8.11. The molecule has 1 saturated heterocycles. The molecule has 1 fully saturated rings. The minimum atomic E-state index is -4.66. The zero-order chi connectivity index (χ0) is 31.7. The Morgan fingerprint density at radius 3 is 2.00 bits per heavy atom. The van der Waals surface area contributed by atoms with Crippen molar-refractivity contribution in [3.8, 4) is 0 Å². The summed E-state index contributed by atoms with van der Waals surface area (Å²) in [7, 11) is -4.66. The molecule has 3 aromatic rings. The highest BCUT2D eigenvalue weighted by molar-refractivity contribution is 7.88. The van der Waals surface area contributed by atoms with Crippen molar-refractivity contribution in [3.05, 3.63) is 95.3 Å². The molecule has 0 atom stereocenters. The van der Waals surface area contributed by atoms with Crippen LogP contribution in [0.3, 0.4) is 0 Å². The van der Waals surface area contributed by atoms with Crippen LogP contribution < -0.4 is 10.0 Å². The highest BCUT2D eigenvalue weighted by Crippen LogP contribution is 2.32. The number of ether oxygens (including phenoxy) is 2. The number of nitrogens with zero attached hydrogens (tertiary/aromatic N) is 2. The number of aromatic nitrogens is 1. The van der Waals surface area contributed by atoms with Gasteiger partial charge in [-0.05, 0) is 41.5 Å². The van der Waals surface area contributed by atoms with E-state index in [2.05, 4.69) is 5.32 Å². The lowest BCUT2D eigenvalue weighted by molar-refractivity contribution is -0.135. The summed E-state index contributed by atoms with van der Waals surface area (Å²) < 4.78 is 76.7. The lowest BCUT2D eigenvalue weighted by Gasteiger charge is -2.32. The van der Waals surface area contributed by atoms with E-state index in [9.17, 15) is 36.0 Å². The molecule has 44 heavy (non-hydrogen) atoms. The van der Waals surface area contributed by atoms with Crippen LogP contribution in [-0.2, 0) is 37.7 Å². The molecule has 1 aromatic heterocycles. The number of hydrogen-bond acceptors (Lipinski definition) is 8. The average Bonchev–Trinajstić information content (AvgIpc) is 3.46. The molecule has 0 saturated carbocycles. The van der Waals surface area contributed by atoms with Crippen molar-refractivity contribution < 1.29 is 45.4 Å². The normalized spacial score (nSPS) is 14.2. The second-order valence-electron chi connectivity index (χ2n) is 10.0. The highest BCUT2D eigenvalue weighted by atomic mass is 32.2. The fraction of sp³-hybridized carbons (Fsp3) is 0.345. The van der Waals surface area contributed by atoms with Gasteiger partial charge in [-0.2, -0.15) is 21.6 Å². The Bertz CT molecular complexity index is 1540. The van der Waals surface area contributed by atoms with Gasteiger partial charge in [0, 0.05) is 19.3 Å². The fourth-order valence-corrected chi connectivity index (χ4v) is 5.74. The smallest absolute Gasteiger partial charge is 0.422 e. The number of benzene rings is 2. The number of carbonyl (C=O) groups excluding carboxylic acids is 3. The summed E-state index contributed by atoms with van der Waals surface area (Å²) in [5.41, 5.74) is 1.31. The van der Waals surface area contributed by atoms with E-state index in [0.717, 1.165) is 6.20 Å². The van der Waals surface area contributed by atoms with Gasteiger partial charge in [0.2, 0.25) is 5.91 Å². The first kappa shape index (κ1) is 32.5. The molecule has 0 unspecified atom stereocenters. The van der Waals surface area contributed by atoms with E-state index in [1.165, 1.54) is 11.0 Å². The summed E-state index contributed by atoms with van der Waals surface area (Å²) >= 11 is 0. The highest BCUT2D eigenvalue weighted by Gasteiger charge is 2.33. The number of esters is 1. The molecule has 0 spiro atoms. The Morgan fingerprint density at radius 2 is 1.43 bits per heavy atom. The van der Waals surface area contributed by atoms with Crippen LogP contribution in [0.25, 0.3) is 0 Å². The summed E-state index contributed by atoms with van der Waals surface area (Å²) in [4.78, 5) is 39.5. The minimum Gasteiger partial charge on any atom is -0.456 e. The zero-order valence-electron chi connectivity index (χ0n) is 23.5. The van der Waals surface area contributed by atoms with Gasteiger partial charge in [0.15, 0.2) is 0 Å². The minimum absolute atomic E-state index is 0.144. The van der Waals surface area contributed by atoms with Gasteiger partial charge in [0.1, 0.15) is 18.9 Å². The molecule has 15 heteroatoms. The third-order valence-electron chi connectivity index (χ3n) is 6.86. The van der Waals surface area contributed by atoms with E-state index in [1.807, 2.05) is 0 Å². The van der Waals surface area contributed by atoms with Gasteiger partial charge in [-0.1, -0.05) is 60.7 Å². The third kappa shape index (κ3) is 9.07. The standard InChI is InChI=1S/C29H31F3N4O7S/c30-29(31,32)20-33-17-25(37)35-14-11-23(12-15-35)24-13-16-36(26(24)27(38)42-18-21-7-3-1-4-8-21)44(40,41)34-28(39)43-19-22-9-5-2-6-10-22/h1-10,13,16,23,33H,11-12,14-15,17-20H2,(H,34,39). The number of piperidine rings is 1. The van der Waals surface area contributed by atoms with Crippen molar-refractivity contribution in [1.82, 2.24) is 18.9 Å². The lowest BCUT2D eigenvalue weighted by Crippen LogP contribution is -2.44. The number of carbonyl (C=O) groups is 3. The Labute approximate surface area is 252 Å². The second kappa shape index (κ2) is 14.4. The molecule has 2 amide bonds. The van der Waals surface area contributed by atoms with Crippen molar-refractivity contribution in [2.45, 2.75) is 38.1 Å². The van der Waals surface area contributed by atoms with Gasteiger partial charge < -0.3 is 19.7 Å². The van der Waals surface area contributed by atoms with Crippen LogP contribution in [0.2, 0.25) is 0 Å². The van der Waals surface area contributed by atoms with Crippen molar-refractivity contribution in [2.75, 3.05) is 26.2 Å². The molecule has 11 nitrogen and oxygen atoms in total. The Balaban J connectivity index is 1.48. The van der Waals surface area contributed by atoms with Crippen molar-refractivity contribution in [3.63, 3.8) is 0 Å². The molecule has 0 radical (unpaired) electrons. The predicted molar refractivity (Wildman–Crippen MR) is 152 cm³/mol. The molecule has 2 heterocycles. The maximum absolute atomic E-state index is 13.4. The Kier molecular flexibility index (Phi) is 10.7. The molecule has 0 bridgehead atoms. The fourth-order valence-electron chi connectivity index (χ4n) is 4.73. The monoisotopic (exact) mass is 636 g/mol. The number of alkyl halides is 3. The van der Waals surface area contributed by atoms with E-state index in [-0.39, 0.29) is 37.9 Å². The average molecular weight is 637 g/mol. The first-order chi connectivity index (χ1) is 20.9. The lowest BCUT2D eigenvalue weighted by atomic mass is 9.89. The second-order valence-corrected chi connectivity index (χ2v) is 11.6. The van der Waals surface area contributed by atoms with Crippen LogP contribution >= 0.6 is 0 Å². The molecule has 1 aliphatic heterocycles. The van der Waals surface area contributed by atoms with Gasteiger partial charge in [-0.15, -0.1) is 0 Å². The molecule has 236 valence electrons. The number of likely N-dealkylation sites (tertiary alicyclic amines) is 1. The van der Waals surface area contributed by atoms with Gasteiger partial charge >= 0.3 is 28.4 Å². The maximum Gasteiger partial charge on any atom is 0.422 e. The maximum atomic E-state index is 13.4. The summed E-state index contributed by atoms with van der Waals surface area (Å²) in [6.45, 7) is -1.75. The van der Waals surface area contributed by atoms with E-state index >= 15 is 0 Å². The van der Waals surface area contributed by atoms with Crippen LogP contribution in [0.5, 0.6) is 0 Å². The Morgan fingerprint density at radius 1 is 0.864 bits per heavy atom. The van der Waals surface area contributed by atoms with Crippen molar-refractivity contribution in [2.24, 2.45) is 0 Å². The van der Waals surface area contributed by atoms with Crippen LogP contribution in [0.15, 0.2) is 72.9 Å². The molecule has 2 N–H and O–H groups in total. The quantitative estimate of drug-likeness (QED) is 0.304. The number of rotatable bonds is 11. The van der Waals surface area contributed by atoms with Gasteiger partial charge in [0.05, 0.1) is 13.1 Å². The van der Waals surface area contributed by atoms with Crippen LogP contribution in [0, 0.1) is 0 Å². The molecular weight excluding hydrogens is 605 g/mol. The van der Waals surface area contributed by atoms with Gasteiger partial charge in [0.25, 0.3) is 0 Å². The van der Waals surface area contributed by atoms with E-state index in [1.54, 1.807) is 65.4 Å². The van der Waals surface area contributed by atoms with Crippen LogP contribution in [0.4, 0.5) is 18.0 Å². The number of hydrogen-bond donors (Lipinski definition) is 2. The van der Waals surface area contributed by atoms with E-state index in [0.29, 0.717) is 33.5 Å². The summed E-state index contributed by atoms with van der Waals surface area (Å²) in [5.74, 6) is -1.84. The van der Waals surface area contributed by atoms with Gasteiger partial charge in [-0.3, -0.25) is 4.79 Å².